The van der Waals surface area contributed by atoms with Crippen LogP contribution in [0.3, 0.4) is 0 Å². The highest BCUT2D eigenvalue weighted by atomic mass is 32.2. The first-order valence-corrected chi connectivity index (χ1v) is 9.16. The average molecular weight is 359 g/mol. The van der Waals surface area contributed by atoms with Crippen LogP contribution in [0.5, 0.6) is 0 Å². The van der Waals surface area contributed by atoms with Gasteiger partial charge in [-0.1, -0.05) is 6.07 Å². The van der Waals surface area contributed by atoms with E-state index in [0.717, 1.165) is 23.5 Å². The Bertz CT molecular complexity index is 1010. The van der Waals surface area contributed by atoms with Gasteiger partial charge in [-0.3, -0.25) is 4.98 Å². The van der Waals surface area contributed by atoms with E-state index in [1.54, 1.807) is 17.7 Å². The Morgan fingerprint density at radius 1 is 1.12 bits per heavy atom. The summed E-state index contributed by atoms with van der Waals surface area (Å²) in [6.45, 7) is 3.91. The van der Waals surface area contributed by atoms with Crippen molar-refractivity contribution >= 4 is 15.7 Å². The second-order valence-electron chi connectivity index (χ2n) is 5.79. The number of nitrogens with zero attached hydrogens (tertiary/aromatic N) is 2. The van der Waals surface area contributed by atoms with Gasteiger partial charge in [0.2, 0.25) is 9.84 Å². The van der Waals surface area contributed by atoms with Crippen LogP contribution in [-0.4, -0.2) is 18.0 Å². The third kappa shape index (κ3) is 3.02. The number of halogens is 1. The molecule has 0 saturated heterocycles. The van der Waals surface area contributed by atoms with Crippen LogP contribution in [0.15, 0.2) is 58.5 Å². The van der Waals surface area contributed by atoms with Crippen LogP contribution >= 0.6 is 0 Å². The Morgan fingerprint density at radius 3 is 2.40 bits per heavy atom. The van der Waals surface area contributed by atoms with Crippen LogP contribution in [0.4, 0.5) is 10.2 Å². The SMILES string of the molecule is Cc1c(S(=O)(=O)c2ccc(F)cc2)c(N)n(Cc2ccccn2)c1C. The van der Waals surface area contributed by atoms with E-state index in [9.17, 15) is 12.8 Å². The van der Waals surface area contributed by atoms with Crippen molar-refractivity contribution in [2.45, 2.75) is 30.2 Å². The lowest BCUT2D eigenvalue weighted by Crippen LogP contribution is -2.10. The molecule has 3 aromatic rings. The lowest BCUT2D eigenvalue weighted by atomic mass is 10.3. The Hall–Kier alpha value is -2.67. The van der Waals surface area contributed by atoms with Crippen LogP contribution in [-0.2, 0) is 16.4 Å². The predicted molar refractivity (Wildman–Crippen MR) is 93.5 cm³/mol. The molecule has 2 heterocycles. The van der Waals surface area contributed by atoms with E-state index >= 15 is 0 Å². The van der Waals surface area contributed by atoms with E-state index in [-0.39, 0.29) is 15.6 Å². The zero-order chi connectivity index (χ0) is 18.2. The number of aromatic nitrogens is 2. The average Bonchev–Trinajstić information content (AvgIpc) is 2.80. The first-order chi connectivity index (χ1) is 11.8. The van der Waals surface area contributed by atoms with Crippen molar-refractivity contribution < 1.29 is 12.8 Å². The summed E-state index contributed by atoms with van der Waals surface area (Å²) in [5.41, 5.74) is 8.30. The molecule has 0 aliphatic carbocycles. The summed E-state index contributed by atoms with van der Waals surface area (Å²) in [5, 5.41) is 0. The van der Waals surface area contributed by atoms with E-state index in [1.165, 1.54) is 12.1 Å². The third-order valence-corrected chi connectivity index (χ3v) is 6.20. The van der Waals surface area contributed by atoms with Gasteiger partial charge in [0.05, 0.1) is 17.1 Å². The molecular formula is C18H18FN3O2S. The number of nitrogens with two attached hydrogens (primary N) is 1. The molecule has 0 radical (unpaired) electrons. The number of benzene rings is 1. The molecule has 0 atom stereocenters. The molecule has 7 heteroatoms. The van der Waals surface area contributed by atoms with E-state index in [4.69, 9.17) is 5.73 Å². The summed E-state index contributed by atoms with van der Waals surface area (Å²) >= 11 is 0. The maximum absolute atomic E-state index is 13.1. The minimum Gasteiger partial charge on any atom is -0.384 e. The van der Waals surface area contributed by atoms with Gasteiger partial charge in [-0.25, -0.2) is 12.8 Å². The van der Waals surface area contributed by atoms with Crippen molar-refractivity contribution in [1.29, 1.82) is 0 Å². The van der Waals surface area contributed by atoms with Crippen LogP contribution < -0.4 is 5.73 Å². The molecule has 2 aromatic heterocycles. The summed E-state index contributed by atoms with van der Waals surface area (Å²) in [4.78, 5) is 4.33. The Kier molecular flexibility index (Phi) is 4.34. The summed E-state index contributed by atoms with van der Waals surface area (Å²) in [6.07, 6.45) is 1.67. The summed E-state index contributed by atoms with van der Waals surface area (Å²) in [5.74, 6) is -0.336. The maximum atomic E-state index is 13.1. The Labute approximate surface area is 145 Å². The molecule has 0 bridgehead atoms. The van der Waals surface area contributed by atoms with Gasteiger partial charge < -0.3 is 10.3 Å². The molecule has 0 aliphatic rings. The van der Waals surface area contributed by atoms with Crippen LogP contribution in [0, 0.1) is 19.7 Å². The number of nitrogen functional groups attached to an aromatic ring is 1. The minimum absolute atomic E-state index is 0.0127. The molecule has 2 N–H and O–H groups in total. The van der Waals surface area contributed by atoms with Crippen LogP contribution in [0.1, 0.15) is 17.0 Å². The van der Waals surface area contributed by atoms with E-state index in [1.807, 2.05) is 25.1 Å². The van der Waals surface area contributed by atoms with Crippen molar-refractivity contribution in [3.63, 3.8) is 0 Å². The first kappa shape index (κ1) is 17.2. The van der Waals surface area contributed by atoms with Gasteiger partial charge in [0.15, 0.2) is 0 Å². The second-order valence-corrected chi connectivity index (χ2v) is 7.68. The van der Waals surface area contributed by atoms with Gasteiger partial charge in [-0.15, -0.1) is 0 Å². The molecule has 0 fully saturated rings. The third-order valence-electron chi connectivity index (χ3n) is 4.25. The fourth-order valence-corrected chi connectivity index (χ4v) is 4.46. The number of anilines is 1. The predicted octanol–water partition coefficient (Wildman–Crippen LogP) is 3.10. The fourth-order valence-electron chi connectivity index (χ4n) is 2.79. The van der Waals surface area contributed by atoms with Crippen LogP contribution in [0.2, 0.25) is 0 Å². The second kappa shape index (κ2) is 6.33. The number of pyridine rings is 1. The lowest BCUT2D eigenvalue weighted by Gasteiger charge is -2.09. The largest absolute Gasteiger partial charge is 0.384 e. The molecule has 0 amide bonds. The minimum atomic E-state index is -3.84. The zero-order valence-electron chi connectivity index (χ0n) is 13.9. The molecule has 0 saturated carbocycles. The standard InChI is InChI=1S/C18H18FN3O2S/c1-12-13(2)22(11-15-5-3-4-10-21-15)18(20)17(12)25(23,24)16-8-6-14(19)7-9-16/h3-10H,11,20H2,1-2H3. The highest BCUT2D eigenvalue weighted by Gasteiger charge is 2.28. The van der Waals surface area contributed by atoms with Crippen molar-refractivity contribution in [3.05, 3.63) is 71.4 Å². The zero-order valence-corrected chi connectivity index (χ0v) is 14.7. The molecule has 1 aromatic carbocycles. The van der Waals surface area contributed by atoms with Crippen molar-refractivity contribution in [3.8, 4) is 0 Å². The molecule has 0 unspecified atom stereocenters. The number of rotatable bonds is 4. The summed E-state index contributed by atoms with van der Waals surface area (Å²) in [6, 6.07) is 10.3. The summed E-state index contributed by atoms with van der Waals surface area (Å²) in [7, 11) is -3.84. The van der Waals surface area contributed by atoms with Crippen molar-refractivity contribution in [2.24, 2.45) is 0 Å². The van der Waals surface area contributed by atoms with E-state index in [2.05, 4.69) is 4.98 Å². The molecule has 0 spiro atoms. The smallest absolute Gasteiger partial charge is 0.210 e. The first-order valence-electron chi connectivity index (χ1n) is 7.68. The summed E-state index contributed by atoms with van der Waals surface area (Å²) < 4.78 is 40.8. The highest BCUT2D eigenvalue weighted by molar-refractivity contribution is 7.91. The van der Waals surface area contributed by atoms with Gasteiger partial charge in [-0.2, -0.15) is 0 Å². The van der Waals surface area contributed by atoms with Crippen molar-refractivity contribution in [1.82, 2.24) is 9.55 Å². The molecule has 0 aliphatic heterocycles. The quantitative estimate of drug-likeness (QED) is 0.726. The maximum Gasteiger partial charge on any atom is 0.210 e. The highest BCUT2D eigenvalue weighted by Crippen LogP contribution is 2.33. The Morgan fingerprint density at radius 2 is 1.80 bits per heavy atom. The van der Waals surface area contributed by atoms with Gasteiger partial charge in [0, 0.05) is 11.9 Å². The van der Waals surface area contributed by atoms with E-state index < -0.39 is 15.7 Å². The van der Waals surface area contributed by atoms with Crippen molar-refractivity contribution in [2.75, 3.05) is 5.73 Å². The lowest BCUT2D eigenvalue weighted by molar-refractivity contribution is 0.594. The molecule has 130 valence electrons. The fraction of sp³-hybridized carbons (Fsp3) is 0.167. The number of hydrogen-bond donors (Lipinski definition) is 1. The molecule has 3 rings (SSSR count). The van der Waals surface area contributed by atoms with Gasteiger partial charge in [0.1, 0.15) is 16.5 Å². The topological polar surface area (TPSA) is 78.0 Å². The van der Waals surface area contributed by atoms with Gasteiger partial charge in [-0.05, 0) is 55.8 Å². The Balaban J connectivity index is 2.11. The molecule has 5 nitrogen and oxygen atoms in total. The van der Waals surface area contributed by atoms with Gasteiger partial charge >= 0.3 is 0 Å². The normalized spacial score (nSPS) is 11.6. The number of hydrogen-bond acceptors (Lipinski definition) is 4. The van der Waals surface area contributed by atoms with E-state index in [0.29, 0.717) is 12.1 Å². The van der Waals surface area contributed by atoms with Gasteiger partial charge in [0.25, 0.3) is 0 Å². The number of sulfone groups is 1. The molecule has 25 heavy (non-hydrogen) atoms. The van der Waals surface area contributed by atoms with Crippen LogP contribution in [0.25, 0.3) is 0 Å². The monoisotopic (exact) mass is 359 g/mol. The molecular weight excluding hydrogens is 341 g/mol.